The summed E-state index contributed by atoms with van der Waals surface area (Å²) in [7, 11) is 0. The molecule has 0 radical (unpaired) electrons. The number of aliphatic hydroxyl groups is 1. The Morgan fingerprint density at radius 3 is 2.42 bits per heavy atom. The van der Waals surface area contributed by atoms with Crippen molar-refractivity contribution >= 4 is 21.8 Å². The van der Waals surface area contributed by atoms with Crippen molar-refractivity contribution in [1.82, 2.24) is 5.32 Å². The van der Waals surface area contributed by atoms with Crippen LogP contribution in [0.3, 0.4) is 0 Å². The predicted molar refractivity (Wildman–Crippen MR) is 67.3 cm³/mol. The first-order valence-electron chi connectivity index (χ1n) is 5.38. The molecule has 0 fully saturated rings. The Bertz CT molecular complexity index is 481. The van der Waals surface area contributed by atoms with Gasteiger partial charge in [0.15, 0.2) is 0 Å². The average molecular weight is 340 g/mol. The van der Waals surface area contributed by atoms with Crippen molar-refractivity contribution in [2.24, 2.45) is 0 Å². The summed E-state index contributed by atoms with van der Waals surface area (Å²) in [4.78, 5) is 11.4. The summed E-state index contributed by atoms with van der Waals surface area (Å²) in [5.74, 6) is -0.733. The largest absolute Gasteiger partial charge is 0.416 e. The molecule has 3 nitrogen and oxygen atoms in total. The van der Waals surface area contributed by atoms with E-state index in [4.69, 9.17) is 0 Å². The van der Waals surface area contributed by atoms with Gasteiger partial charge < -0.3 is 10.4 Å². The number of rotatable bonds is 3. The maximum atomic E-state index is 12.8. The van der Waals surface area contributed by atoms with Gasteiger partial charge >= 0.3 is 6.18 Å². The second-order valence-electron chi connectivity index (χ2n) is 4.54. The Balaban J connectivity index is 2.94. The number of benzene rings is 1. The first-order valence-corrected chi connectivity index (χ1v) is 6.17. The van der Waals surface area contributed by atoms with Crippen molar-refractivity contribution in [3.05, 3.63) is 33.8 Å². The second kappa shape index (κ2) is 5.50. The molecule has 0 bridgehead atoms. The van der Waals surface area contributed by atoms with E-state index in [2.05, 4.69) is 21.2 Å². The molecule has 0 saturated carbocycles. The molecule has 0 spiro atoms. The highest BCUT2D eigenvalue weighted by molar-refractivity contribution is 9.10. The van der Waals surface area contributed by atoms with E-state index in [0.29, 0.717) is 4.47 Å². The van der Waals surface area contributed by atoms with Crippen LogP contribution in [0.2, 0.25) is 0 Å². The summed E-state index contributed by atoms with van der Waals surface area (Å²) in [6.45, 7) is 2.22. The molecule has 106 valence electrons. The Hall–Kier alpha value is -1.08. The van der Waals surface area contributed by atoms with Gasteiger partial charge in [0.1, 0.15) is 5.60 Å². The lowest BCUT2D eigenvalue weighted by atomic mass is 10.1. The van der Waals surface area contributed by atoms with Gasteiger partial charge in [-0.2, -0.15) is 13.2 Å². The molecule has 1 rings (SSSR count). The van der Waals surface area contributed by atoms with Gasteiger partial charge in [0.05, 0.1) is 5.56 Å². The van der Waals surface area contributed by atoms with E-state index in [1.165, 1.54) is 26.0 Å². The minimum atomic E-state index is -4.50. The van der Waals surface area contributed by atoms with Crippen LogP contribution in [0.5, 0.6) is 0 Å². The molecule has 1 aromatic carbocycles. The lowest BCUT2D eigenvalue weighted by molar-refractivity contribution is -0.139. The average Bonchev–Trinajstić information content (AvgIpc) is 2.24. The molecule has 19 heavy (non-hydrogen) atoms. The zero-order valence-corrected chi connectivity index (χ0v) is 11.9. The molecule has 0 heterocycles. The van der Waals surface area contributed by atoms with E-state index < -0.39 is 23.2 Å². The van der Waals surface area contributed by atoms with Crippen molar-refractivity contribution < 1.29 is 23.1 Å². The van der Waals surface area contributed by atoms with Gasteiger partial charge in [-0.25, -0.2) is 0 Å². The van der Waals surface area contributed by atoms with E-state index in [-0.39, 0.29) is 12.1 Å². The molecule has 1 amide bonds. The van der Waals surface area contributed by atoms with Crippen molar-refractivity contribution in [2.75, 3.05) is 0 Å². The van der Waals surface area contributed by atoms with Crippen LogP contribution in [0.4, 0.5) is 13.2 Å². The minimum Gasteiger partial charge on any atom is -0.381 e. The molecule has 1 aromatic rings. The molecular weight excluding hydrogens is 327 g/mol. The third-order valence-corrected chi connectivity index (χ3v) is 2.87. The molecule has 0 aliphatic rings. The van der Waals surface area contributed by atoms with E-state index in [0.717, 1.165) is 6.07 Å². The van der Waals surface area contributed by atoms with Crippen LogP contribution in [0.15, 0.2) is 22.7 Å². The van der Waals surface area contributed by atoms with Crippen LogP contribution < -0.4 is 5.32 Å². The number of nitrogens with one attached hydrogen (secondary N) is 1. The minimum absolute atomic E-state index is 0.0618. The van der Waals surface area contributed by atoms with Gasteiger partial charge in [0.2, 0.25) is 0 Å². The zero-order valence-electron chi connectivity index (χ0n) is 10.3. The zero-order chi connectivity index (χ0) is 14.8. The number of hydrogen-bond donors (Lipinski definition) is 2. The summed E-state index contributed by atoms with van der Waals surface area (Å²) in [6.07, 6.45) is -4.50. The Morgan fingerprint density at radius 2 is 1.95 bits per heavy atom. The van der Waals surface area contributed by atoms with Crippen LogP contribution in [0, 0.1) is 0 Å². The summed E-state index contributed by atoms with van der Waals surface area (Å²) in [6, 6.07) is 3.68. The quantitative estimate of drug-likeness (QED) is 0.889. The topological polar surface area (TPSA) is 49.3 Å². The SMILES string of the molecule is CC(C)(O)C(=O)NCc1ccc(Br)cc1C(F)(F)F. The maximum Gasteiger partial charge on any atom is 0.416 e. The van der Waals surface area contributed by atoms with Gasteiger partial charge in [-0.3, -0.25) is 4.79 Å². The van der Waals surface area contributed by atoms with Crippen molar-refractivity contribution in [2.45, 2.75) is 32.2 Å². The van der Waals surface area contributed by atoms with Gasteiger partial charge in [0.25, 0.3) is 5.91 Å². The Labute approximate surface area is 116 Å². The third-order valence-electron chi connectivity index (χ3n) is 2.37. The molecule has 0 atom stereocenters. The fourth-order valence-corrected chi connectivity index (χ4v) is 1.72. The molecule has 2 N–H and O–H groups in total. The van der Waals surface area contributed by atoms with Gasteiger partial charge in [-0.05, 0) is 31.5 Å². The fraction of sp³-hybridized carbons (Fsp3) is 0.417. The highest BCUT2D eigenvalue weighted by Gasteiger charge is 2.33. The number of alkyl halides is 3. The predicted octanol–water partition coefficient (Wildman–Crippen LogP) is 2.86. The molecular formula is C12H13BrF3NO2. The first-order chi connectivity index (χ1) is 8.51. The van der Waals surface area contributed by atoms with Crippen LogP contribution in [0.1, 0.15) is 25.0 Å². The maximum absolute atomic E-state index is 12.8. The highest BCUT2D eigenvalue weighted by atomic mass is 79.9. The van der Waals surface area contributed by atoms with Crippen LogP contribution >= 0.6 is 15.9 Å². The smallest absolute Gasteiger partial charge is 0.381 e. The number of carbonyl (C=O) groups excluding carboxylic acids is 1. The van der Waals surface area contributed by atoms with E-state index in [1.54, 1.807) is 0 Å². The van der Waals surface area contributed by atoms with E-state index >= 15 is 0 Å². The lowest BCUT2D eigenvalue weighted by Crippen LogP contribution is -2.41. The highest BCUT2D eigenvalue weighted by Crippen LogP contribution is 2.33. The lowest BCUT2D eigenvalue weighted by Gasteiger charge is -2.18. The summed E-state index contributed by atoms with van der Waals surface area (Å²) < 4.78 is 38.7. The van der Waals surface area contributed by atoms with Crippen LogP contribution in [-0.4, -0.2) is 16.6 Å². The fourth-order valence-electron chi connectivity index (χ4n) is 1.36. The number of carbonyl (C=O) groups is 1. The van der Waals surface area contributed by atoms with E-state index in [9.17, 15) is 23.1 Å². The first kappa shape index (κ1) is 16.0. The van der Waals surface area contributed by atoms with Crippen molar-refractivity contribution in [3.63, 3.8) is 0 Å². The van der Waals surface area contributed by atoms with Gasteiger partial charge in [-0.15, -0.1) is 0 Å². The number of halogens is 4. The number of hydrogen-bond acceptors (Lipinski definition) is 2. The monoisotopic (exact) mass is 339 g/mol. The van der Waals surface area contributed by atoms with Gasteiger partial charge in [-0.1, -0.05) is 22.0 Å². The van der Waals surface area contributed by atoms with Crippen LogP contribution in [0.25, 0.3) is 0 Å². The Morgan fingerprint density at radius 1 is 1.37 bits per heavy atom. The molecule has 0 aliphatic carbocycles. The van der Waals surface area contributed by atoms with E-state index in [1.807, 2.05) is 0 Å². The van der Waals surface area contributed by atoms with Crippen molar-refractivity contribution in [3.8, 4) is 0 Å². The molecule has 0 aliphatic heterocycles. The molecule has 0 unspecified atom stereocenters. The summed E-state index contributed by atoms with van der Waals surface area (Å²) in [5.41, 5.74) is -2.51. The van der Waals surface area contributed by atoms with Crippen LogP contribution in [-0.2, 0) is 17.5 Å². The standard InChI is InChI=1S/C12H13BrF3NO2/c1-11(2,19)10(18)17-6-7-3-4-8(13)5-9(7)12(14,15)16/h3-5,19H,6H2,1-2H3,(H,17,18). The second-order valence-corrected chi connectivity index (χ2v) is 5.46. The molecule has 7 heteroatoms. The normalized spacial score (nSPS) is 12.4. The number of amides is 1. The van der Waals surface area contributed by atoms with Gasteiger partial charge in [0, 0.05) is 11.0 Å². The Kier molecular flexibility index (Phi) is 4.63. The third kappa shape index (κ3) is 4.50. The molecule has 0 saturated heterocycles. The molecule has 0 aromatic heterocycles. The summed E-state index contributed by atoms with van der Waals surface area (Å²) in [5, 5.41) is 11.7. The van der Waals surface area contributed by atoms with Crippen molar-refractivity contribution in [1.29, 1.82) is 0 Å². The summed E-state index contributed by atoms with van der Waals surface area (Å²) >= 11 is 2.97.